The molecule has 0 fully saturated rings. The molecule has 0 saturated carbocycles. The average Bonchev–Trinajstić information content (AvgIpc) is 1.98. The van der Waals surface area contributed by atoms with Crippen LogP contribution in [-0.2, 0) is 9.53 Å². The number of hydrogen-bond donors (Lipinski definition) is 1. The van der Waals surface area contributed by atoms with Gasteiger partial charge in [0.25, 0.3) is 0 Å². The molecule has 0 aliphatic carbocycles. The molecule has 1 atom stereocenters. The van der Waals surface area contributed by atoms with Gasteiger partial charge in [-0.2, -0.15) is 0 Å². The average molecular weight is 242 g/mol. The first-order chi connectivity index (χ1) is 6.35. The zero-order chi connectivity index (χ0) is 11.2. The van der Waals surface area contributed by atoms with Gasteiger partial charge in [0.1, 0.15) is 5.67 Å². The summed E-state index contributed by atoms with van der Waals surface area (Å²) in [6.07, 6.45) is 1.02. The molecule has 0 bridgehead atoms. The summed E-state index contributed by atoms with van der Waals surface area (Å²) in [5.41, 5.74) is 4.39. The van der Waals surface area contributed by atoms with Crippen molar-refractivity contribution in [2.75, 3.05) is 6.61 Å². The van der Waals surface area contributed by atoms with Crippen LogP contribution in [0.4, 0.5) is 4.39 Å². The highest BCUT2D eigenvalue weighted by molar-refractivity contribution is 5.85. The van der Waals surface area contributed by atoms with Crippen molar-refractivity contribution in [2.24, 2.45) is 5.73 Å². The van der Waals surface area contributed by atoms with Crippen molar-refractivity contribution in [3.8, 4) is 0 Å². The van der Waals surface area contributed by atoms with Crippen LogP contribution in [0.25, 0.3) is 0 Å². The lowest BCUT2D eigenvalue weighted by Crippen LogP contribution is -2.29. The summed E-state index contributed by atoms with van der Waals surface area (Å²) in [5.74, 6) is -0.264. The maximum atomic E-state index is 13.1. The van der Waals surface area contributed by atoms with Crippen LogP contribution in [-0.4, -0.2) is 24.3 Å². The Bertz CT molecular complexity index is 183. The Labute approximate surface area is 97.0 Å². The number of esters is 1. The first-order valence-electron chi connectivity index (χ1n) is 4.95. The molecule has 15 heavy (non-hydrogen) atoms. The molecule has 0 amide bonds. The SMILES string of the molecule is CCOC(=O)CCC(N)CC(C)(C)F.Cl. The van der Waals surface area contributed by atoms with E-state index in [0.29, 0.717) is 13.0 Å². The normalized spacial score (nSPS) is 12.9. The molecule has 0 saturated heterocycles. The molecule has 0 aromatic carbocycles. The minimum Gasteiger partial charge on any atom is -0.466 e. The van der Waals surface area contributed by atoms with Crippen LogP contribution in [0.15, 0.2) is 0 Å². The fraction of sp³-hybridized carbons (Fsp3) is 0.900. The highest BCUT2D eigenvalue weighted by atomic mass is 35.5. The van der Waals surface area contributed by atoms with Gasteiger partial charge in [0.05, 0.1) is 6.61 Å². The third-order valence-electron chi connectivity index (χ3n) is 1.77. The van der Waals surface area contributed by atoms with Crippen molar-refractivity contribution in [1.29, 1.82) is 0 Å². The summed E-state index contributed by atoms with van der Waals surface area (Å²) in [6, 6.07) is -0.278. The Morgan fingerprint density at radius 1 is 1.53 bits per heavy atom. The molecule has 0 aliphatic heterocycles. The molecule has 92 valence electrons. The molecular weight excluding hydrogens is 221 g/mol. The van der Waals surface area contributed by atoms with E-state index >= 15 is 0 Å². The van der Waals surface area contributed by atoms with Gasteiger partial charge in [0.2, 0.25) is 0 Å². The summed E-state index contributed by atoms with van der Waals surface area (Å²) in [6.45, 7) is 5.10. The quantitative estimate of drug-likeness (QED) is 0.726. The van der Waals surface area contributed by atoms with E-state index < -0.39 is 5.67 Å². The fourth-order valence-electron chi connectivity index (χ4n) is 1.26. The summed E-state index contributed by atoms with van der Waals surface area (Å²) < 4.78 is 17.8. The number of carbonyl (C=O) groups excluding carboxylic acids is 1. The molecule has 0 aliphatic rings. The molecule has 0 aromatic rings. The molecule has 5 heteroatoms. The summed E-state index contributed by atoms with van der Waals surface area (Å²) in [4.78, 5) is 10.9. The van der Waals surface area contributed by atoms with Crippen LogP contribution in [0.3, 0.4) is 0 Å². The van der Waals surface area contributed by atoms with Crippen LogP contribution in [0, 0.1) is 0 Å². The van der Waals surface area contributed by atoms with Crippen LogP contribution >= 0.6 is 12.4 Å². The van der Waals surface area contributed by atoms with Crippen LogP contribution in [0.2, 0.25) is 0 Å². The first kappa shape index (κ1) is 17.1. The van der Waals surface area contributed by atoms with Gasteiger partial charge in [0.15, 0.2) is 0 Å². The monoisotopic (exact) mass is 241 g/mol. The molecule has 0 rings (SSSR count). The Morgan fingerprint density at radius 2 is 2.07 bits per heavy atom. The van der Waals surface area contributed by atoms with Crippen molar-refractivity contribution >= 4 is 18.4 Å². The predicted molar refractivity (Wildman–Crippen MR) is 60.9 cm³/mol. The van der Waals surface area contributed by atoms with E-state index in [4.69, 9.17) is 10.5 Å². The van der Waals surface area contributed by atoms with Gasteiger partial charge < -0.3 is 10.5 Å². The van der Waals surface area contributed by atoms with Crippen LogP contribution in [0.5, 0.6) is 0 Å². The number of ether oxygens (including phenoxy) is 1. The first-order valence-corrected chi connectivity index (χ1v) is 4.95. The lowest BCUT2D eigenvalue weighted by atomic mass is 9.98. The highest BCUT2D eigenvalue weighted by Gasteiger charge is 2.20. The number of nitrogens with two attached hydrogens (primary N) is 1. The second-order valence-corrected chi connectivity index (χ2v) is 4.03. The van der Waals surface area contributed by atoms with E-state index in [0.717, 1.165) is 0 Å². The third kappa shape index (κ3) is 11.6. The zero-order valence-corrected chi connectivity index (χ0v) is 10.4. The molecule has 2 N–H and O–H groups in total. The molecule has 3 nitrogen and oxygen atoms in total. The van der Waals surface area contributed by atoms with Crippen LogP contribution < -0.4 is 5.73 Å². The number of rotatable bonds is 6. The number of alkyl halides is 1. The molecular formula is C10H21ClFNO2. The van der Waals surface area contributed by atoms with E-state index in [-0.39, 0.29) is 37.3 Å². The standard InChI is InChI=1S/C10H20FNO2.ClH/c1-4-14-9(13)6-5-8(12)7-10(2,3)11;/h8H,4-7,12H2,1-3H3;1H. The van der Waals surface area contributed by atoms with E-state index in [1.54, 1.807) is 6.92 Å². The molecule has 0 heterocycles. The third-order valence-corrected chi connectivity index (χ3v) is 1.77. The summed E-state index contributed by atoms with van der Waals surface area (Å²) in [5, 5.41) is 0. The number of carbonyl (C=O) groups is 1. The molecule has 0 spiro atoms. The maximum Gasteiger partial charge on any atom is 0.305 e. The predicted octanol–water partition coefficient (Wildman–Crippen LogP) is 2.22. The van der Waals surface area contributed by atoms with E-state index in [1.807, 2.05) is 0 Å². The number of hydrogen-bond acceptors (Lipinski definition) is 3. The largest absolute Gasteiger partial charge is 0.466 e. The van der Waals surface area contributed by atoms with Crippen molar-refractivity contribution in [3.63, 3.8) is 0 Å². The van der Waals surface area contributed by atoms with E-state index in [2.05, 4.69) is 0 Å². The van der Waals surface area contributed by atoms with Crippen molar-refractivity contribution in [3.05, 3.63) is 0 Å². The van der Waals surface area contributed by atoms with Gasteiger partial charge >= 0.3 is 5.97 Å². The lowest BCUT2D eigenvalue weighted by Gasteiger charge is -2.19. The summed E-state index contributed by atoms with van der Waals surface area (Å²) in [7, 11) is 0. The molecule has 1 unspecified atom stereocenters. The van der Waals surface area contributed by atoms with E-state index in [9.17, 15) is 9.18 Å². The molecule has 0 aromatic heterocycles. The van der Waals surface area contributed by atoms with Gasteiger partial charge in [-0.05, 0) is 33.6 Å². The minimum absolute atomic E-state index is 0. The van der Waals surface area contributed by atoms with Crippen LogP contribution in [0.1, 0.15) is 40.0 Å². The second kappa shape index (κ2) is 7.88. The van der Waals surface area contributed by atoms with Gasteiger partial charge in [-0.25, -0.2) is 4.39 Å². The van der Waals surface area contributed by atoms with Crippen molar-refractivity contribution < 1.29 is 13.9 Å². The lowest BCUT2D eigenvalue weighted by molar-refractivity contribution is -0.143. The maximum absolute atomic E-state index is 13.1. The van der Waals surface area contributed by atoms with Crippen molar-refractivity contribution in [2.45, 2.75) is 51.7 Å². The van der Waals surface area contributed by atoms with Crippen molar-refractivity contribution in [1.82, 2.24) is 0 Å². The number of halogens is 2. The van der Waals surface area contributed by atoms with Gasteiger partial charge in [-0.15, -0.1) is 12.4 Å². The Morgan fingerprint density at radius 3 is 2.47 bits per heavy atom. The Kier molecular flexibility index (Phi) is 8.96. The Hall–Kier alpha value is -0.350. The fourth-order valence-corrected chi connectivity index (χ4v) is 1.26. The highest BCUT2D eigenvalue weighted by Crippen LogP contribution is 2.17. The minimum atomic E-state index is -1.27. The van der Waals surface area contributed by atoms with E-state index in [1.165, 1.54) is 13.8 Å². The van der Waals surface area contributed by atoms with Gasteiger partial charge in [-0.3, -0.25) is 4.79 Å². The molecule has 0 radical (unpaired) electrons. The second-order valence-electron chi connectivity index (χ2n) is 4.03. The summed E-state index contributed by atoms with van der Waals surface area (Å²) >= 11 is 0. The smallest absolute Gasteiger partial charge is 0.305 e. The Balaban J connectivity index is 0. The topological polar surface area (TPSA) is 52.3 Å². The zero-order valence-electron chi connectivity index (χ0n) is 9.59. The van der Waals surface area contributed by atoms with Gasteiger partial charge in [-0.1, -0.05) is 0 Å². The van der Waals surface area contributed by atoms with Gasteiger partial charge in [0, 0.05) is 12.5 Å².